The molecule has 0 unspecified atom stereocenters. The molecule has 1 amide bonds. The number of phenolic OH excluding ortho intramolecular Hbond substituents is 1. The molecule has 1 saturated carbocycles. The Hall–Kier alpha value is -2.03. The fourth-order valence-electron chi connectivity index (χ4n) is 3.85. The van der Waals surface area contributed by atoms with Crippen LogP contribution in [0.4, 0.5) is 0 Å². The third-order valence-corrected chi connectivity index (χ3v) is 5.11. The van der Waals surface area contributed by atoms with Crippen LogP contribution >= 0.6 is 0 Å². The first-order chi connectivity index (χ1) is 10.9. The lowest BCUT2D eigenvalue weighted by atomic mass is 9.67. The molecule has 0 bridgehead atoms. The minimum Gasteiger partial charge on any atom is -0.504 e. The zero-order chi connectivity index (χ0) is 16.5. The van der Waals surface area contributed by atoms with E-state index in [1.807, 2.05) is 0 Å². The third-order valence-electron chi connectivity index (χ3n) is 5.11. The summed E-state index contributed by atoms with van der Waals surface area (Å²) >= 11 is 0. The average molecular weight is 323 g/mol. The number of amides is 1. The average Bonchev–Trinajstić information content (AvgIpc) is 2.99. The molecule has 6 atom stereocenters. The molecule has 8 nitrogen and oxygen atoms in total. The summed E-state index contributed by atoms with van der Waals surface area (Å²) in [6.07, 6.45) is -3.79. The highest BCUT2D eigenvalue weighted by Gasteiger charge is 2.52. The zero-order valence-electron chi connectivity index (χ0n) is 12.3. The predicted octanol–water partition coefficient (Wildman–Crippen LogP) is -0.951. The van der Waals surface area contributed by atoms with Crippen molar-refractivity contribution in [2.45, 2.75) is 37.2 Å². The molecule has 0 radical (unpaired) electrons. The first-order valence-corrected chi connectivity index (χ1v) is 7.42. The van der Waals surface area contributed by atoms with Crippen molar-refractivity contribution in [3.63, 3.8) is 0 Å². The van der Waals surface area contributed by atoms with Crippen LogP contribution in [0.2, 0.25) is 0 Å². The van der Waals surface area contributed by atoms with Crippen LogP contribution in [0.15, 0.2) is 6.07 Å². The van der Waals surface area contributed by atoms with Crippen molar-refractivity contribution in [1.82, 2.24) is 5.32 Å². The summed E-state index contributed by atoms with van der Waals surface area (Å²) in [5.41, 5.74) is 0.385. The number of nitrogens with one attached hydrogen (secondary N) is 1. The third kappa shape index (κ3) is 1.79. The van der Waals surface area contributed by atoms with Gasteiger partial charge in [-0.05, 0) is 11.6 Å². The van der Waals surface area contributed by atoms with E-state index in [9.17, 15) is 25.2 Å². The van der Waals surface area contributed by atoms with Crippen molar-refractivity contribution in [2.75, 3.05) is 6.79 Å². The predicted molar refractivity (Wildman–Crippen MR) is 75.4 cm³/mol. The van der Waals surface area contributed by atoms with Crippen LogP contribution in [0.5, 0.6) is 17.2 Å². The van der Waals surface area contributed by atoms with Crippen molar-refractivity contribution in [2.24, 2.45) is 5.92 Å². The molecule has 23 heavy (non-hydrogen) atoms. The summed E-state index contributed by atoms with van der Waals surface area (Å²) in [5, 5.41) is 43.6. The molecule has 1 aromatic rings. The van der Waals surface area contributed by atoms with E-state index >= 15 is 0 Å². The number of rotatable bonds is 0. The minimum atomic E-state index is -1.35. The highest BCUT2D eigenvalue weighted by molar-refractivity contribution is 6.01. The van der Waals surface area contributed by atoms with Gasteiger partial charge in [-0.15, -0.1) is 0 Å². The van der Waals surface area contributed by atoms with E-state index in [4.69, 9.17) is 9.47 Å². The summed E-state index contributed by atoms with van der Waals surface area (Å²) in [6, 6.07) is 0.983. The van der Waals surface area contributed by atoms with E-state index in [0.29, 0.717) is 5.56 Å². The monoisotopic (exact) mass is 323 g/mol. The second-order valence-corrected chi connectivity index (χ2v) is 6.28. The maximum atomic E-state index is 12.4. The van der Waals surface area contributed by atoms with Crippen molar-refractivity contribution < 1.29 is 34.7 Å². The van der Waals surface area contributed by atoms with Gasteiger partial charge in [-0.3, -0.25) is 4.79 Å². The molecule has 5 N–H and O–H groups in total. The molecule has 0 aromatic heterocycles. The number of fused-ring (bicyclic) bond motifs is 4. The van der Waals surface area contributed by atoms with Gasteiger partial charge in [-0.2, -0.15) is 0 Å². The lowest BCUT2D eigenvalue weighted by Crippen LogP contribution is -2.63. The van der Waals surface area contributed by atoms with E-state index in [-0.39, 0.29) is 29.6 Å². The SMILES string of the molecule is C[C@@H]1[C@H](O)[C@@H](O)[C@H](O)[C@@H]2c3cc4c(c(O)c3C(=O)N[C@@H]12)OCO4. The number of aromatic hydroxyl groups is 1. The van der Waals surface area contributed by atoms with Gasteiger partial charge in [0.05, 0.1) is 17.8 Å². The van der Waals surface area contributed by atoms with Gasteiger partial charge >= 0.3 is 0 Å². The topological polar surface area (TPSA) is 128 Å². The van der Waals surface area contributed by atoms with Gasteiger partial charge in [0.15, 0.2) is 11.5 Å². The van der Waals surface area contributed by atoms with E-state index < -0.39 is 42.1 Å². The molecule has 2 heterocycles. The first-order valence-electron chi connectivity index (χ1n) is 7.42. The Balaban J connectivity index is 1.91. The van der Waals surface area contributed by atoms with Gasteiger partial charge in [0.1, 0.15) is 6.10 Å². The van der Waals surface area contributed by atoms with Gasteiger partial charge in [0.2, 0.25) is 12.5 Å². The van der Waals surface area contributed by atoms with Gasteiger partial charge in [0.25, 0.3) is 5.91 Å². The second kappa shape index (κ2) is 4.73. The Labute approximate surface area is 131 Å². The molecule has 8 heteroatoms. The van der Waals surface area contributed by atoms with Gasteiger partial charge in [-0.25, -0.2) is 0 Å². The smallest absolute Gasteiger partial charge is 0.255 e. The van der Waals surface area contributed by atoms with Crippen LogP contribution in [0.25, 0.3) is 0 Å². The molecule has 2 aliphatic heterocycles. The Bertz CT molecular complexity index is 691. The van der Waals surface area contributed by atoms with E-state index in [1.54, 1.807) is 13.0 Å². The Morgan fingerprint density at radius 2 is 1.91 bits per heavy atom. The van der Waals surface area contributed by atoms with Crippen molar-refractivity contribution >= 4 is 5.91 Å². The number of carbonyl (C=O) groups excluding carboxylic acids is 1. The number of carbonyl (C=O) groups is 1. The second-order valence-electron chi connectivity index (χ2n) is 6.28. The van der Waals surface area contributed by atoms with Crippen molar-refractivity contribution in [3.05, 3.63) is 17.2 Å². The highest BCUT2D eigenvalue weighted by Crippen LogP contribution is 2.50. The van der Waals surface area contributed by atoms with E-state index in [1.165, 1.54) is 0 Å². The molecule has 0 spiro atoms. The normalized spacial score (nSPS) is 37.8. The fraction of sp³-hybridized carbons (Fsp3) is 0.533. The van der Waals surface area contributed by atoms with Gasteiger partial charge in [-0.1, -0.05) is 6.92 Å². The number of hydrogen-bond acceptors (Lipinski definition) is 7. The Morgan fingerprint density at radius 3 is 2.65 bits per heavy atom. The van der Waals surface area contributed by atoms with E-state index in [2.05, 4.69) is 5.32 Å². The quantitative estimate of drug-likeness (QED) is 0.416. The molecule has 1 aliphatic carbocycles. The van der Waals surface area contributed by atoms with Crippen molar-refractivity contribution in [1.29, 1.82) is 0 Å². The molecular weight excluding hydrogens is 306 g/mol. The maximum Gasteiger partial charge on any atom is 0.255 e. The summed E-state index contributed by atoms with van der Waals surface area (Å²) in [4.78, 5) is 12.4. The molecule has 3 aliphatic rings. The first kappa shape index (κ1) is 14.6. The molecule has 4 rings (SSSR count). The Morgan fingerprint density at radius 1 is 1.17 bits per heavy atom. The summed E-state index contributed by atoms with van der Waals surface area (Å²) < 4.78 is 10.4. The van der Waals surface area contributed by atoms with Crippen LogP contribution in [-0.2, 0) is 0 Å². The lowest BCUT2D eigenvalue weighted by Gasteiger charge is -2.48. The van der Waals surface area contributed by atoms with Crippen LogP contribution in [0.3, 0.4) is 0 Å². The summed E-state index contributed by atoms with van der Waals surface area (Å²) in [5.74, 6) is -1.61. The largest absolute Gasteiger partial charge is 0.504 e. The van der Waals surface area contributed by atoms with Crippen molar-refractivity contribution in [3.8, 4) is 17.2 Å². The van der Waals surface area contributed by atoms with Gasteiger partial charge < -0.3 is 35.2 Å². The summed E-state index contributed by atoms with van der Waals surface area (Å²) in [7, 11) is 0. The molecule has 1 aromatic carbocycles. The number of benzene rings is 1. The maximum absolute atomic E-state index is 12.4. The Kier molecular flexibility index (Phi) is 2.99. The van der Waals surface area contributed by atoms with Crippen LogP contribution in [0.1, 0.15) is 28.8 Å². The van der Waals surface area contributed by atoms with Gasteiger partial charge in [0, 0.05) is 17.9 Å². The number of aliphatic hydroxyl groups excluding tert-OH is 3. The number of phenols is 1. The molecule has 124 valence electrons. The number of ether oxygens (including phenoxy) is 2. The van der Waals surface area contributed by atoms with Crippen LogP contribution < -0.4 is 14.8 Å². The molecule has 0 saturated heterocycles. The standard InChI is InChI=1S/C15H17NO7/c1-4-9-7(11(18)13(20)10(4)17)5-2-6-14(23-3-22-6)12(19)8(5)15(21)16-9/h2,4,7,9-11,13,17-20H,3H2,1H3,(H,16,21)/t4-,7+,9-,10-,11+,13+/m0/s1. The summed E-state index contributed by atoms with van der Waals surface area (Å²) in [6.45, 7) is 1.62. The lowest BCUT2D eigenvalue weighted by molar-refractivity contribution is -0.127. The van der Waals surface area contributed by atoms with Crippen LogP contribution in [0, 0.1) is 5.92 Å². The molecule has 1 fully saturated rings. The highest BCUT2D eigenvalue weighted by atomic mass is 16.7. The zero-order valence-corrected chi connectivity index (χ0v) is 12.3. The molecular formula is C15H17NO7. The fourth-order valence-corrected chi connectivity index (χ4v) is 3.85. The number of aliphatic hydroxyl groups is 3. The minimum absolute atomic E-state index is 0.00494. The number of hydrogen-bond donors (Lipinski definition) is 5. The van der Waals surface area contributed by atoms with Crippen LogP contribution in [-0.4, -0.2) is 57.5 Å². The van der Waals surface area contributed by atoms with E-state index in [0.717, 1.165) is 0 Å².